The van der Waals surface area contributed by atoms with Crippen molar-refractivity contribution in [2.45, 2.75) is 46.3 Å². The number of anilines is 1. The number of hydrogen-bond acceptors (Lipinski definition) is 6. The van der Waals surface area contributed by atoms with Crippen LogP contribution in [0.4, 0.5) is 5.13 Å². The smallest absolute Gasteiger partial charge is 0.230 e. The minimum atomic E-state index is 0.574. The molecule has 0 saturated heterocycles. The van der Waals surface area contributed by atoms with E-state index in [1.165, 1.54) is 0 Å². The van der Waals surface area contributed by atoms with Crippen molar-refractivity contribution in [2.75, 3.05) is 39.2 Å². The van der Waals surface area contributed by atoms with Crippen LogP contribution in [0.3, 0.4) is 0 Å². The van der Waals surface area contributed by atoms with E-state index in [0.717, 1.165) is 35.5 Å². The molecule has 0 aliphatic rings. The standard InChI is InChI=1S/C15H30N4OS/c1-11(2)19(12(3)4)9-8-16-10-13-14(20-7)17-15(21-13)18(5)6/h11-12,16H,8-10H2,1-7H3. The number of ether oxygens (including phenoxy) is 1. The van der Waals surface area contributed by atoms with Gasteiger partial charge in [-0.05, 0) is 27.7 Å². The molecule has 0 radical (unpaired) electrons. The van der Waals surface area contributed by atoms with Crippen molar-refractivity contribution in [3.05, 3.63) is 4.88 Å². The summed E-state index contributed by atoms with van der Waals surface area (Å²) in [6, 6.07) is 1.15. The molecule has 0 aliphatic carbocycles. The van der Waals surface area contributed by atoms with Gasteiger partial charge in [0, 0.05) is 45.8 Å². The molecule has 0 amide bonds. The Kier molecular flexibility index (Phi) is 7.42. The molecule has 0 spiro atoms. The lowest BCUT2D eigenvalue weighted by Gasteiger charge is -2.30. The van der Waals surface area contributed by atoms with Crippen molar-refractivity contribution >= 4 is 16.5 Å². The molecule has 1 aromatic heterocycles. The van der Waals surface area contributed by atoms with Crippen molar-refractivity contribution in [2.24, 2.45) is 0 Å². The predicted octanol–water partition coefficient (Wildman–Crippen LogP) is 2.43. The monoisotopic (exact) mass is 314 g/mol. The lowest BCUT2D eigenvalue weighted by Crippen LogP contribution is -2.41. The maximum atomic E-state index is 5.35. The molecule has 122 valence electrons. The van der Waals surface area contributed by atoms with Crippen molar-refractivity contribution < 1.29 is 4.74 Å². The zero-order valence-electron chi connectivity index (χ0n) is 14.4. The maximum Gasteiger partial charge on any atom is 0.230 e. The normalized spacial score (nSPS) is 11.7. The molecule has 0 bridgehead atoms. The van der Waals surface area contributed by atoms with Crippen molar-refractivity contribution in [1.82, 2.24) is 15.2 Å². The van der Waals surface area contributed by atoms with Gasteiger partial charge in [0.2, 0.25) is 5.88 Å². The highest BCUT2D eigenvalue weighted by Gasteiger charge is 2.14. The van der Waals surface area contributed by atoms with Gasteiger partial charge in [-0.2, -0.15) is 4.98 Å². The third-order valence-corrected chi connectivity index (χ3v) is 4.59. The summed E-state index contributed by atoms with van der Waals surface area (Å²) in [7, 11) is 5.68. The SMILES string of the molecule is COc1nc(N(C)C)sc1CNCCN(C(C)C)C(C)C. The molecule has 1 aromatic rings. The van der Waals surface area contributed by atoms with Crippen molar-refractivity contribution in [3.8, 4) is 5.88 Å². The number of nitrogens with zero attached hydrogens (tertiary/aromatic N) is 3. The fourth-order valence-electron chi connectivity index (χ4n) is 2.31. The molecule has 1 rings (SSSR count). The summed E-state index contributed by atoms with van der Waals surface area (Å²) in [4.78, 5) is 10.1. The van der Waals surface area contributed by atoms with Crippen LogP contribution in [0.5, 0.6) is 5.88 Å². The summed E-state index contributed by atoms with van der Waals surface area (Å²) in [5.41, 5.74) is 0. The highest BCUT2D eigenvalue weighted by atomic mass is 32.1. The molecule has 0 atom stereocenters. The van der Waals surface area contributed by atoms with E-state index >= 15 is 0 Å². The third-order valence-electron chi connectivity index (χ3n) is 3.39. The van der Waals surface area contributed by atoms with E-state index in [1.54, 1.807) is 18.4 Å². The lowest BCUT2D eigenvalue weighted by atomic mass is 10.2. The van der Waals surface area contributed by atoms with Gasteiger partial charge in [-0.1, -0.05) is 11.3 Å². The Morgan fingerprint density at radius 1 is 1.19 bits per heavy atom. The van der Waals surface area contributed by atoms with E-state index in [0.29, 0.717) is 12.1 Å². The van der Waals surface area contributed by atoms with Crippen LogP contribution in [0, 0.1) is 0 Å². The molecular weight excluding hydrogens is 284 g/mol. The van der Waals surface area contributed by atoms with E-state index in [-0.39, 0.29) is 0 Å². The maximum absolute atomic E-state index is 5.35. The molecule has 21 heavy (non-hydrogen) atoms. The first kappa shape index (κ1) is 18.2. The minimum absolute atomic E-state index is 0.574. The summed E-state index contributed by atoms with van der Waals surface area (Å²) in [5.74, 6) is 0.737. The van der Waals surface area contributed by atoms with Crippen LogP contribution in [0.1, 0.15) is 32.6 Å². The van der Waals surface area contributed by atoms with Crippen LogP contribution in [-0.2, 0) is 6.54 Å². The van der Waals surface area contributed by atoms with Gasteiger partial charge in [0.15, 0.2) is 5.13 Å². The van der Waals surface area contributed by atoms with Gasteiger partial charge in [-0.15, -0.1) is 0 Å². The van der Waals surface area contributed by atoms with Gasteiger partial charge >= 0.3 is 0 Å². The molecule has 0 aromatic carbocycles. The molecule has 0 fully saturated rings. The van der Waals surface area contributed by atoms with Crippen molar-refractivity contribution in [3.63, 3.8) is 0 Å². The number of thiazole rings is 1. The predicted molar refractivity (Wildman–Crippen MR) is 91.7 cm³/mol. The second-order valence-corrected chi connectivity index (χ2v) is 6.99. The Morgan fingerprint density at radius 2 is 1.81 bits per heavy atom. The first-order chi connectivity index (χ1) is 9.86. The zero-order valence-corrected chi connectivity index (χ0v) is 15.3. The average Bonchev–Trinajstić information content (AvgIpc) is 2.81. The van der Waals surface area contributed by atoms with Gasteiger partial charge in [0.1, 0.15) is 0 Å². The molecule has 1 heterocycles. The van der Waals surface area contributed by atoms with Gasteiger partial charge < -0.3 is 15.0 Å². The summed E-state index contributed by atoms with van der Waals surface area (Å²) >= 11 is 1.68. The lowest BCUT2D eigenvalue weighted by molar-refractivity contribution is 0.176. The summed E-state index contributed by atoms with van der Waals surface area (Å²) in [5, 5.41) is 4.48. The Morgan fingerprint density at radius 3 is 2.29 bits per heavy atom. The average molecular weight is 314 g/mol. The second-order valence-electron chi connectivity index (χ2n) is 5.93. The quantitative estimate of drug-likeness (QED) is 0.709. The van der Waals surface area contributed by atoms with E-state index in [9.17, 15) is 0 Å². The van der Waals surface area contributed by atoms with E-state index in [4.69, 9.17) is 4.74 Å². The topological polar surface area (TPSA) is 40.6 Å². The second kappa shape index (κ2) is 8.56. The molecule has 5 nitrogen and oxygen atoms in total. The van der Waals surface area contributed by atoms with Gasteiger partial charge in [-0.3, -0.25) is 4.90 Å². The summed E-state index contributed by atoms with van der Waals surface area (Å²) in [6.45, 7) is 11.8. The van der Waals surface area contributed by atoms with E-state index in [1.807, 2.05) is 19.0 Å². The molecule has 0 saturated carbocycles. The van der Waals surface area contributed by atoms with Gasteiger partial charge in [0.25, 0.3) is 0 Å². The number of methoxy groups -OCH3 is 1. The van der Waals surface area contributed by atoms with E-state index < -0.39 is 0 Å². The molecule has 0 aliphatic heterocycles. The Labute approximate surface area is 133 Å². The third kappa shape index (κ3) is 5.45. The number of aromatic nitrogens is 1. The molecular formula is C15H30N4OS. The highest BCUT2D eigenvalue weighted by molar-refractivity contribution is 7.15. The van der Waals surface area contributed by atoms with E-state index in [2.05, 4.69) is 42.9 Å². The first-order valence-corrected chi connectivity index (χ1v) is 8.36. The van der Waals surface area contributed by atoms with Crippen molar-refractivity contribution in [1.29, 1.82) is 0 Å². The summed E-state index contributed by atoms with van der Waals surface area (Å²) < 4.78 is 5.35. The fourth-order valence-corrected chi connectivity index (χ4v) is 3.23. The molecule has 6 heteroatoms. The van der Waals surface area contributed by atoms with Gasteiger partial charge in [0.05, 0.1) is 12.0 Å². The zero-order chi connectivity index (χ0) is 16.0. The Balaban J connectivity index is 2.48. The molecule has 0 unspecified atom stereocenters. The number of hydrogen-bond donors (Lipinski definition) is 1. The van der Waals surface area contributed by atoms with Crippen LogP contribution >= 0.6 is 11.3 Å². The highest BCUT2D eigenvalue weighted by Crippen LogP contribution is 2.30. The van der Waals surface area contributed by atoms with Crippen LogP contribution < -0.4 is 15.0 Å². The Bertz CT molecular complexity index is 410. The van der Waals surface area contributed by atoms with Crippen LogP contribution in [0.25, 0.3) is 0 Å². The fraction of sp³-hybridized carbons (Fsp3) is 0.800. The molecule has 1 N–H and O–H groups in total. The van der Waals surface area contributed by atoms with Crippen LogP contribution in [0.15, 0.2) is 0 Å². The Hall–Kier alpha value is -0.850. The largest absolute Gasteiger partial charge is 0.480 e. The van der Waals surface area contributed by atoms with Crippen LogP contribution in [0.2, 0.25) is 0 Å². The number of nitrogens with one attached hydrogen (secondary N) is 1. The summed E-state index contributed by atoms with van der Waals surface area (Å²) in [6.07, 6.45) is 0. The number of rotatable bonds is 9. The first-order valence-electron chi connectivity index (χ1n) is 7.54. The minimum Gasteiger partial charge on any atom is -0.480 e. The van der Waals surface area contributed by atoms with Gasteiger partial charge in [-0.25, -0.2) is 0 Å². The van der Waals surface area contributed by atoms with Crippen LogP contribution in [-0.4, -0.2) is 56.3 Å².